The minimum atomic E-state index is -0.276. The van der Waals surface area contributed by atoms with Gasteiger partial charge >= 0.3 is 0 Å². The molecule has 0 spiro atoms. The summed E-state index contributed by atoms with van der Waals surface area (Å²) in [6.07, 6.45) is 1.66. The van der Waals surface area contributed by atoms with Gasteiger partial charge in [0, 0.05) is 29.2 Å². The van der Waals surface area contributed by atoms with E-state index in [-0.39, 0.29) is 11.7 Å². The second-order valence-electron chi connectivity index (χ2n) is 6.91. The van der Waals surface area contributed by atoms with Gasteiger partial charge in [0.15, 0.2) is 10.9 Å². The fourth-order valence-electron chi connectivity index (χ4n) is 3.06. The highest BCUT2D eigenvalue weighted by atomic mass is 32.1. The van der Waals surface area contributed by atoms with Crippen LogP contribution in [0.4, 0.5) is 5.13 Å². The smallest absolute Gasteiger partial charge is 0.274 e. The zero-order chi connectivity index (χ0) is 19.9. The van der Waals surface area contributed by atoms with Crippen molar-refractivity contribution >= 4 is 28.2 Å². The topological polar surface area (TPSA) is 64.0 Å². The number of benzene rings is 1. The molecule has 0 bridgehead atoms. The predicted molar refractivity (Wildman–Crippen MR) is 110 cm³/mol. The Morgan fingerprint density at radius 1 is 1.04 bits per heavy atom. The number of amides is 1. The van der Waals surface area contributed by atoms with E-state index in [4.69, 9.17) is 0 Å². The summed E-state index contributed by atoms with van der Waals surface area (Å²) < 4.78 is 1.65. The van der Waals surface area contributed by atoms with E-state index in [0.717, 1.165) is 21.7 Å². The van der Waals surface area contributed by atoms with Crippen LogP contribution in [0.1, 0.15) is 49.3 Å². The fraction of sp³-hybridized carbons (Fsp3) is 0.286. The van der Waals surface area contributed by atoms with Crippen LogP contribution in [0.2, 0.25) is 0 Å². The molecule has 0 aliphatic carbocycles. The molecule has 2 aromatic heterocycles. The number of nitrogens with one attached hydrogen (secondary N) is 1. The zero-order valence-electron chi connectivity index (χ0n) is 16.4. The molecule has 0 atom stereocenters. The van der Waals surface area contributed by atoms with E-state index in [9.17, 15) is 9.59 Å². The lowest BCUT2D eigenvalue weighted by Gasteiger charge is -2.08. The SMILES string of the molecule is CC(=O)c1cc(C(=O)Nc2nc(-c3cc(C)c(C)cc3C)c(C)s2)n(C)c1. The second kappa shape index (κ2) is 7.12. The Kier molecular flexibility index (Phi) is 5.02. The van der Waals surface area contributed by atoms with Gasteiger partial charge in [0.05, 0.1) is 5.69 Å². The molecule has 0 aliphatic heterocycles. The lowest BCUT2D eigenvalue weighted by atomic mass is 9.98. The fourth-order valence-corrected chi connectivity index (χ4v) is 3.88. The van der Waals surface area contributed by atoms with Crippen molar-refractivity contribution < 1.29 is 9.59 Å². The highest BCUT2D eigenvalue weighted by Crippen LogP contribution is 2.33. The van der Waals surface area contributed by atoms with Crippen LogP contribution < -0.4 is 5.32 Å². The molecule has 3 rings (SSSR count). The number of hydrogen-bond acceptors (Lipinski definition) is 4. The summed E-state index contributed by atoms with van der Waals surface area (Å²) in [4.78, 5) is 29.8. The maximum absolute atomic E-state index is 12.6. The third kappa shape index (κ3) is 3.71. The number of anilines is 1. The molecule has 1 amide bonds. The molecule has 6 heteroatoms. The Morgan fingerprint density at radius 3 is 2.33 bits per heavy atom. The van der Waals surface area contributed by atoms with Gasteiger partial charge in [-0.25, -0.2) is 4.98 Å². The molecule has 27 heavy (non-hydrogen) atoms. The number of hydrogen-bond donors (Lipinski definition) is 1. The Labute approximate surface area is 163 Å². The maximum atomic E-state index is 12.6. The zero-order valence-corrected chi connectivity index (χ0v) is 17.2. The van der Waals surface area contributed by atoms with E-state index < -0.39 is 0 Å². The second-order valence-corrected chi connectivity index (χ2v) is 8.11. The number of Topliss-reactive ketones (excluding diaryl/α,β-unsaturated/α-hetero) is 1. The van der Waals surface area contributed by atoms with Crippen molar-refractivity contribution in [1.82, 2.24) is 9.55 Å². The number of nitrogens with zero attached hydrogens (tertiary/aromatic N) is 2. The Morgan fingerprint density at radius 2 is 1.70 bits per heavy atom. The molecular formula is C21H23N3O2S. The summed E-state index contributed by atoms with van der Waals surface area (Å²) >= 11 is 1.45. The third-order valence-corrected chi connectivity index (χ3v) is 5.64. The molecule has 1 aromatic carbocycles. The van der Waals surface area contributed by atoms with E-state index in [1.807, 2.05) is 6.92 Å². The molecule has 1 N–H and O–H groups in total. The van der Waals surface area contributed by atoms with Crippen LogP contribution in [0, 0.1) is 27.7 Å². The highest BCUT2D eigenvalue weighted by molar-refractivity contribution is 7.16. The summed E-state index contributed by atoms with van der Waals surface area (Å²) in [6.45, 7) is 9.75. The molecule has 2 heterocycles. The summed E-state index contributed by atoms with van der Waals surface area (Å²) in [6, 6.07) is 5.91. The third-order valence-electron chi connectivity index (χ3n) is 4.76. The van der Waals surface area contributed by atoms with Crippen LogP contribution in [0.3, 0.4) is 0 Å². The monoisotopic (exact) mass is 381 g/mol. The Balaban J connectivity index is 1.90. The van der Waals surface area contributed by atoms with Crippen LogP contribution in [-0.4, -0.2) is 21.2 Å². The Bertz CT molecular complexity index is 1060. The van der Waals surface area contributed by atoms with Gasteiger partial charge in [-0.2, -0.15) is 0 Å². The number of ketones is 1. The first-order valence-corrected chi connectivity index (χ1v) is 9.53. The first kappa shape index (κ1) is 19.0. The van der Waals surface area contributed by atoms with Gasteiger partial charge in [-0.3, -0.25) is 14.9 Å². The van der Waals surface area contributed by atoms with Crippen LogP contribution in [0.25, 0.3) is 11.3 Å². The van der Waals surface area contributed by atoms with E-state index in [1.165, 1.54) is 29.4 Å². The molecule has 140 valence electrons. The van der Waals surface area contributed by atoms with Crippen molar-refractivity contribution in [2.45, 2.75) is 34.6 Å². The van der Waals surface area contributed by atoms with Crippen LogP contribution in [0.15, 0.2) is 24.4 Å². The minimum Gasteiger partial charge on any atom is -0.346 e. The van der Waals surface area contributed by atoms with Crippen LogP contribution in [0.5, 0.6) is 0 Å². The van der Waals surface area contributed by atoms with Gasteiger partial charge in [0.25, 0.3) is 5.91 Å². The van der Waals surface area contributed by atoms with Crippen molar-refractivity contribution in [1.29, 1.82) is 0 Å². The number of rotatable bonds is 4. The molecule has 0 unspecified atom stereocenters. The molecule has 0 saturated heterocycles. The molecular weight excluding hydrogens is 358 g/mol. The Hall–Kier alpha value is -2.73. The number of aryl methyl sites for hydroxylation is 5. The molecule has 0 fully saturated rings. The summed E-state index contributed by atoms with van der Waals surface area (Å²) in [5.41, 5.74) is 6.56. The molecule has 0 radical (unpaired) electrons. The standard InChI is InChI=1S/C21H23N3O2S/c1-11-7-13(3)17(8-12(11)2)19-15(5)27-21(22-19)23-20(26)18-9-16(14(4)25)10-24(18)6/h7-10H,1-6H3,(H,22,23,26). The number of aromatic nitrogens is 2. The van der Waals surface area contributed by atoms with Crippen LogP contribution in [-0.2, 0) is 7.05 Å². The van der Waals surface area contributed by atoms with E-state index in [0.29, 0.717) is 16.4 Å². The van der Waals surface area contributed by atoms with Gasteiger partial charge in [-0.1, -0.05) is 6.07 Å². The van der Waals surface area contributed by atoms with Gasteiger partial charge in [-0.15, -0.1) is 11.3 Å². The quantitative estimate of drug-likeness (QED) is 0.658. The molecule has 0 saturated carbocycles. The van der Waals surface area contributed by atoms with Gasteiger partial charge in [0.2, 0.25) is 0 Å². The van der Waals surface area contributed by atoms with Gasteiger partial charge in [-0.05, 0) is 63.4 Å². The maximum Gasteiger partial charge on any atom is 0.274 e. The summed E-state index contributed by atoms with van der Waals surface area (Å²) in [5.74, 6) is -0.343. The average Bonchev–Trinajstić information content (AvgIpc) is 3.14. The molecule has 5 nitrogen and oxygen atoms in total. The van der Waals surface area contributed by atoms with Gasteiger partial charge < -0.3 is 4.57 Å². The number of carbonyl (C=O) groups is 2. The van der Waals surface area contributed by atoms with Crippen molar-refractivity contribution in [3.63, 3.8) is 0 Å². The highest BCUT2D eigenvalue weighted by Gasteiger charge is 2.18. The van der Waals surface area contributed by atoms with Gasteiger partial charge in [0.1, 0.15) is 5.69 Å². The largest absolute Gasteiger partial charge is 0.346 e. The van der Waals surface area contributed by atoms with Crippen molar-refractivity contribution in [2.24, 2.45) is 7.05 Å². The van der Waals surface area contributed by atoms with Crippen molar-refractivity contribution in [3.05, 3.63) is 57.2 Å². The minimum absolute atomic E-state index is 0.0674. The lowest BCUT2D eigenvalue weighted by Crippen LogP contribution is -2.15. The summed E-state index contributed by atoms with van der Waals surface area (Å²) in [7, 11) is 1.75. The molecule has 0 aliphatic rings. The van der Waals surface area contributed by atoms with E-state index >= 15 is 0 Å². The first-order chi connectivity index (χ1) is 12.7. The normalized spacial score (nSPS) is 10.9. The average molecular weight is 382 g/mol. The molecule has 3 aromatic rings. The van der Waals surface area contributed by atoms with Crippen molar-refractivity contribution in [3.8, 4) is 11.3 Å². The van der Waals surface area contributed by atoms with E-state index in [2.05, 4.69) is 43.2 Å². The summed E-state index contributed by atoms with van der Waals surface area (Å²) in [5, 5.41) is 3.42. The lowest BCUT2D eigenvalue weighted by molar-refractivity contribution is 0.101. The van der Waals surface area contributed by atoms with Crippen LogP contribution >= 0.6 is 11.3 Å². The van der Waals surface area contributed by atoms with E-state index in [1.54, 1.807) is 23.9 Å². The van der Waals surface area contributed by atoms with Crippen molar-refractivity contribution in [2.75, 3.05) is 5.32 Å². The predicted octanol–water partition coefficient (Wildman–Crippen LogP) is 4.84. The number of thiazole rings is 1. The number of carbonyl (C=O) groups excluding carboxylic acids is 2. The first-order valence-electron chi connectivity index (χ1n) is 8.71.